The molecule has 4 rings (SSSR count). The van der Waals surface area contributed by atoms with Gasteiger partial charge in [0.15, 0.2) is 0 Å². The first kappa shape index (κ1) is 35.6. The van der Waals surface area contributed by atoms with E-state index in [1.54, 1.807) is 6.21 Å². The number of carbonyl (C=O) groups is 1. The molecule has 252 valence electrons. The number of nitrogens with zero attached hydrogens (tertiary/aromatic N) is 3. The predicted octanol–water partition coefficient (Wildman–Crippen LogP) is -1.37. The largest absolute Gasteiger partial charge is 0.490 e. The van der Waals surface area contributed by atoms with Crippen molar-refractivity contribution in [1.82, 2.24) is 24.8 Å². The van der Waals surface area contributed by atoms with Crippen LogP contribution in [0, 0.1) is 0 Å². The molecular formula is C21H27N6O16P3. The summed E-state index contributed by atoms with van der Waals surface area (Å²) in [6.07, 6.45) is 1.57. The number of nitrogens with one attached hydrogen (secondary N) is 3. The highest BCUT2D eigenvalue weighted by molar-refractivity contribution is 7.66. The van der Waals surface area contributed by atoms with Crippen molar-refractivity contribution < 1.29 is 61.1 Å². The van der Waals surface area contributed by atoms with E-state index in [1.807, 2.05) is 4.98 Å². The normalized spacial score (nSPS) is 22.1. The Morgan fingerprint density at radius 1 is 1.11 bits per heavy atom. The zero-order valence-electron chi connectivity index (χ0n) is 23.2. The van der Waals surface area contributed by atoms with Crippen molar-refractivity contribution in [1.29, 1.82) is 0 Å². The van der Waals surface area contributed by atoms with Gasteiger partial charge >= 0.3 is 29.2 Å². The molecule has 1 fully saturated rings. The number of aliphatic hydroxyl groups excluding tert-OH is 1. The van der Waals surface area contributed by atoms with Crippen LogP contribution in [-0.2, 0) is 49.2 Å². The van der Waals surface area contributed by atoms with E-state index in [4.69, 9.17) is 14.5 Å². The van der Waals surface area contributed by atoms with E-state index in [9.17, 15) is 47.8 Å². The Morgan fingerprint density at radius 2 is 1.85 bits per heavy atom. The van der Waals surface area contributed by atoms with Crippen LogP contribution in [0.25, 0.3) is 6.08 Å². The zero-order chi connectivity index (χ0) is 33.9. The Kier molecular flexibility index (Phi) is 11.0. The molecule has 4 heterocycles. The molecule has 25 heteroatoms. The average Bonchev–Trinajstić information content (AvgIpc) is 3.54. The van der Waals surface area contributed by atoms with E-state index in [1.165, 1.54) is 0 Å². The van der Waals surface area contributed by atoms with Gasteiger partial charge in [0.25, 0.3) is 11.1 Å². The Morgan fingerprint density at radius 3 is 2.57 bits per heavy atom. The number of hydrogen-bond donors (Lipinski definition) is 8. The van der Waals surface area contributed by atoms with Gasteiger partial charge in [0.2, 0.25) is 5.91 Å². The van der Waals surface area contributed by atoms with Gasteiger partial charge < -0.3 is 39.7 Å². The first-order valence-corrected chi connectivity index (χ1v) is 17.5. The van der Waals surface area contributed by atoms with E-state index < -0.39 is 65.7 Å². The number of H-pyrrole nitrogens is 2. The van der Waals surface area contributed by atoms with Crippen molar-refractivity contribution in [2.75, 3.05) is 13.2 Å². The second-order valence-corrected chi connectivity index (χ2v) is 14.0. The Labute approximate surface area is 256 Å². The van der Waals surface area contributed by atoms with E-state index >= 15 is 0 Å². The fourth-order valence-electron chi connectivity index (χ4n) is 4.21. The number of amides is 1. The molecule has 2 aromatic heterocycles. The lowest BCUT2D eigenvalue weighted by atomic mass is 10.2. The van der Waals surface area contributed by atoms with Crippen LogP contribution in [0.4, 0.5) is 5.69 Å². The third-order valence-corrected chi connectivity index (χ3v) is 9.96. The van der Waals surface area contributed by atoms with Crippen LogP contribution in [0.3, 0.4) is 0 Å². The minimum atomic E-state index is -5.76. The van der Waals surface area contributed by atoms with Crippen molar-refractivity contribution in [3.63, 3.8) is 0 Å². The SMILES string of the molecule is O=C(/C=C/c1cn([C@H]2CC(O)[C@@H](COP(=O)(O)OP(=O)(O)OP(=O)(O)O)O2)c(=O)[nH]c1=O)NCCCc1nc2c(c(=O)[nH]1)N=CC2. The Balaban J connectivity index is 1.31. The predicted molar refractivity (Wildman–Crippen MR) is 153 cm³/mol. The molecule has 2 aliphatic heterocycles. The molecule has 2 aromatic rings. The number of hydrogen-bond acceptors (Lipinski definition) is 14. The number of fused-ring (bicyclic) bond motifs is 1. The van der Waals surface area contributed by atoms with Crippen LogP contribution >= 0.6 is 23.5 Å². The molecule has 0 aromatic carbocycles. The highest BCUT2D eigenvalue weighted by atomic mass is 31.3. The standard InChI is InChI=1S/C21H27N6O16P3/c28-13-8-17(41-14(13)10-40-45(36,37)43-46(38,39)42-44(33,34)35)27-9-11(19(30)26-21(27)32)3-4-16(29)22-6-1-2-15-24-12-5-7-23-18(12)20(31)25-15/h3-4,7,9,13-14,17,28H,1-2,5-6,8,10H2,(H,22,29)(H,36,37)(H,38,39)(H,24,25,31)(H,26,30,32)(H2,33,34,35)/b4-3+/t13?,14-,17-/m1/s1. The fraction of sp³-hybridized carbons (Fsp3) is 0.429. The van der Waals surface area contributed by atoms with Crippen LogP contribution in [0.1, 0.15) is 36.2 Å². The van der Waals surface area contributed by atoms with Gasteiger partial charge in [-0.25, -0.2) is 23.5 Å². The van der Waals surface area contributed by atoms with Gasteiger partial charge in [-0.3, -0.25) is 33.5 Å². The summed E-state index contributed by atoms with van der Waals surface area (Å²) < 4.78 is 52.1. The number of phosphoric ester groups is 1. The Hall–Kier alpha value is -3.23. The molecule has 46 heavy (non-hydrogen) atoms. The highest BCUT2D eigenvalue weighted by Gasteiger charge is 2.43. The second-order valence-electron chi connectivity index (χ2n) is 9.62. The van der Waals surface area contributed by atoms with Crippen LogP contribution in [-0.4, -0.2) is 81.7 Å². The molecule has 0 aliphatic carbocycles. The zero-order valence-corrected chi connectivity index (χ0v) is 25.9. The van der Waals surface area contributed by atoms with Gasteiger partial charge in [0, 0.05) is 44.3 Å². The van der Waals surface area contributed by atoms with Gasteiger partial charge in [-0.1, -0.05) is 0 Å². The lowest BCUT2D eigenvalue weighted by Gasteiger charge is -2.19. The summed E-state index contributed by atoms with van der Waals surface area (Å²) in [5.74, 6) is -0.136. The van der Waals surface area contributed by atoms with E-state index in [2.05, 4.69) is 33.4 Å². The van der Waals surface area contributed by atoms with Crippen molar-refractivity contribution in [3.05, 3.63) is 60.5 Å². The topological polar surface area (TPSA) is 331 Å². The van der Waals surface area contributed by atoms with Crippen LogP contribution < -0.4 is 22.1 Å². The number of aryl methyl sites for hydroxylation is 1. The molecular weight excluding hydrogens is 685 g/mol. The summed E-state index contributed by atoms with van der Waals surface area (Å²) in [7, 11) is -16.9. The molecule has 0 saturated carbocycles. The average molecular weight is 712 g/mol. The summed E-state index contributed by atoms with van der Waals surface area (Å²) in [6.45, 7) is -0.772. The van der Waals surface area contributed by atoms with Crippen molar-refractivity contribution >= 4 is 47.4 Å². The summed E-state index contributed by atoms with van der Waals surface area (Å²) in [5, 5.41) is 12.9. The molecule has 0 spiro atoms. The fourth-order valence-corrected chi connectivity index (χ4v) is 7.24. The molecule has 5 atom stereocenters. The molecule has 1 saturated heterocycles. The first-order valence-electron chi connectivity index (χ1n) is 13.0. The second kappa shape index (κ2) is 14.3. The third-order valence-electron chi connectivity index (χ3n) is 6.15. The summed E-state index contributed by atoms with van der Waals surface area (Å²) >= 11 is 0. The molecule has 0 radical (unpaired) electrons. The summed E-state index contributed by atoms with van der Waals surface area (Å²) in [5.41, 5.74) is -1.47. The maximum absolute atomic E-state index is 12.4. The van der Waals surface area contributed by atoms with E-state index in [0.717, 1.165) is 22.9 Å². The number of rotatable bonds is 14. The number of ether oxygens (including phenoxy) is 1. The van der Waals surface area contributed by atoms with Gasteiger partial charge in [-0.15, -0.1) is 0 Å². The van der Waals surface area contributed by atoms with Crippen molar-refractivity contribution in [2.45, 2.75) is 44.1 Å². The number of carbonyl (C=O) groups excluding carboxylic acids is 1. The lowest BCUT2D eigenvalue weighted by Crippen LogP contribution is -2.33. The van der Waals surface area contributed by atoms with Crippen LogP contribution in [0.5, 0.6) is 0 Å². The van der Waals surface area contributed by atoms with Gasteiger partial charge in [-0.2, -0.15) is 8.62 Å². The molecule has 8 N–H and O–H groups in total. The maximum Gasteiger partial charge on any atom is 0.490 e. The van der Waals surface area contributed by atoms with Gasteiger partial charge in [0.05, 0.1) is 24.0 Å². The smallest absolute Gasteiger partial charge is 0.390 e. The van der Waals surface area contributed by atoms with Crippen LogP contribution in [0.15, 0.2) is 31.6 Å². The Bertz CT molecular complexity index is 1860. The molecule has 0 bridgehead atoms. The number of aliphatic hydroxyl groups is 1. The van der Waals surface area contributed by atoms with Gasteiger partial charge in [-0.05, 0) is 12.5 Å². The molecule has 2 aliphatic rings. The van der Waals surface area contributed by atoms with Gasteiger partial charge in [0.1, 0.15) is 23.8 Å². The number of aromatic nitrogens is 4. The summed E-state index contributed by atoms with van der Waals surface area (Å²) in [4.78, 5) is 97.9. The molecule has 22 nitrogen and oxygen atoms in total. The summed E-state index contributed by atoms with van der Waals surface area (Å²) in [6, 6.07) is 0. The van der Waals surface area contributed by atoms with Crippen molar-refractivity contribution in [3.8, 4) is 0 Å². The van der Waals surface area contributed by atoms with Crippen LogP contribution in [0.2, 0.25) is 0 Å². The van der Waals surface area contributed by atoms with Crippen molar-refractivity contribution in [2.24, 2.45) is 4.99 Å². The highest BCUT2D eigenvalue weighted by Crippen LogP contribution is 2.66. The molecule has 3 unspecified atom stereocenters. The monoisotopic (exact) mass is 712 g/mol. The first-order chi connectivity index (χ1) is 21.4. The molecule has 1 amide bonds. The number of aromatic amines is 2. The number of phosphoric acid groups is 3. The minimum Gasteiger partial charge on any atom is -0.390 e. The maximum atomic E-state index is 12.4. The lowest BCUT2D eigenvalue weighted by molar-refractivity contribution is -0.116. The number of aliphatic imine (C=N–C) groups is 1. The third kappa shape index (κ3) is 9.88. The minimum absolute atomic E-state index is 0.160. The van der Waals surface area contributed by atoms with E-state index in [0.29, 0.717) is 30.8 Å². The van der Waals surface area contributed by atoms with E-state index in [-0.39, 0.29) is 29.8 Å². The quantitative estimate of drug-likeness (QED) is 0.0636.